The summed E-state index contributed by atoms with van der Waals surface area (Å²) < 4.78 is 11.5. The first kappa shape index (κ1) is 17.4. The van der Waals surface area contributed by atoms with Gasteiger partial charge in [0.1, 0.15) is 0 Å². The summed E-state index contributed by atoms with van der Waals surface area (Å²) >= 11 is 0. The van der Waals surface area contributed by atoms with Gasteiger partial charge in [0, 0.05) is 25.6 Å². The number of likely N-dealkylation sites (tertiary alicyclic amines) is 1. The molecule has 0 amide bonds. The van der Waals surface area contributed by atoms with Crippen molar-refractivity contribution in [2.24, 2.45) is 0 Å². The summed E-state index contributed by atoms with van der Waals surface area (Å²) in [5.41, 5.74) is 2.67. The van der Waals surface area contributed by atoms with Crippen LogP contribution < -0.4 is 14.8 Å². The smallest absolute Gasteiger partial charge is 0.161 e. The molecule has 0 radical (unpaired) electrons. The van der Waals surface area contributed by atoms with E-state index < -0.39 is 0 Å². The molecule has 0 bridgehead atoms. The molecule has 0 spiro atoms. The molecule has 0 aliphatic carbocycles. The van der Waals surface area contributed by atoms with E-state index in [1.807, 2.05) is 6.07 Å². The predicted octanol–water partition coefficient (Wildman–Crippen LogP) is 3.60. The SMILES string of the molecule is c1ccc(CN2CCC(NCc3ccc4c(c3)OCCCO4)CC2)cc1. The van der Waals surface area contributed by atoms with Crippen molar-refractivity contribution in [2.45, 2.75) is 38.4 Å². The molecule has 0 unspecified atom stereocenters. The van der Waals surface area contributed by atoms with E-state index in [1.165, 1.54) is 24.0 Å². The Balaban J connectivity index is 1.24. The fourth-order valence-electron chi connectivity index (χ4n) is 3.72. The maximum Gasteiger partial charge on any atom is 0.161 e. The van der Waals surface area contributed by atoms with Crippen molar-refractivity contribution in [3.8, 4) is 11.5 Å². The summed E-state index contributed by atoms with van der Waals surface area (Å²) in [6, 6.07) is 17.7. The highest BCUT2D eigenvalue weighted by Crippen LogP contribution is 2.30. The molecular formula is C22H28N2O2. The van der Waals surface area contributed by atoms with Crippen molar-refractivity contribution < 1.29 is 9.47 Å². The molecule has 2 heterocycles. The Bertz CT molecular complexity index is 697. The van der Waals surface area contributed by atoms with Crippen LogP contribution in [0, 0.1) is 0 Å². The minimum absolute atomic E-state index is 0.595. The summed E-state index contributed by atoms with van der Waals surface area (Å²) in [5.74, 6) is 1.76. The second-order valence-electron chi connectivity index (χ2n) is 7.25. The molecule has 4 rings (SSSR count). The van der Waals surface area contributed by atoms with Crippen LogP contribution in [0.25, 0.3) is 0 Å². The van der Waals surface area contributed by atoms with E-state index >= 15 is 0 Å². The summed E-state index contributed by atoms with van der Waals surface area (Å²) in [7, 11) is 0. The maximum absolute atomic E-state index is 5.79. The van der Waals surface area contributed by atoms with Crippen molar-refractivity contribution in [2.75, 3.05) is 26.3 Å². The first-order valence-electron chi connectivity index (χ1n) is 9.75. The van der Waals surface area contributed by atoms with E-state index in [2.05, 4.69) is 52.7 Å². The lowest BCUT2D eigenvalue weighted by atomic mass is 10.0. The Morgan fingerprint density at radius 1 is 0.885 bits per heavy atom. The van der Waals surface area contributed by atoms with E-state index in [-0.39, 0.29) is 0 Å². The predicted molar refractivity (Wildman–Crippen MR) is 104 cm³/mol. The molecule has 1 N–H and O–H groups in total. The first-order chi connectivity index (χ1) is 12.9. The molecule has 138 valence electrons. The molecule has 26 heavy (non-hydrogen) atoms. The van der Waals surface area contributed by atoms with Crippen LogP contribution in [0.1, 0.15) is 30.4 Å². The maximum atomic E-state index is 5.79. The highest BCUT2D eigenvalue weighted by atomic mass is 16.5. The number of piperidine rings is 1. The standard InChI is InChI=1S/C22H28N2O2/c1-2-5-18(6-3-1)17-24-11-9-20(10-12-24)23-16-19-7-8-21-22(15-19)26-14-4-13-25-21/h1-3,5-8,15,20,23H,4,9-14,16-17H2. The Morgan fingerprint density at radius 2 is 1.65 bits per heavy atom. The minimum atomic E-state index is 0.595. The third-order valence-electron chi connectivity index (χ3n) is 5.24. The second kappa shape index (κ2) is 8.56. The number of hydrogen-bond donors (Lipinski definition) is 1. The van der Waals surface area contributed by atoms with Crippen LogP contribution in [0.2, 0.25) is 0 Å². The quantitative estimate of drug-likeness (QED) is 0.891. The topological polar surface area (TPSA) is 33.7 Å². The number of fused-ring (bicyclic) bond motifs is 1. The summed E-state index contributed by atoms with van der Waals surface area (Å²) in [6.45, 7) is 5.76. The molecule has 0 saturated carbocycles. The zero-order valence-corrected chi connectivity index (χ0v) is 15.3. The number of rotatable bonds is 5. The van der Waals surface area contributed by atoms with Crippen LogP contribution >= 0.6 is 0 Å². The number of hydrogen-bond acceptors (Lipinski definition) is 4. The van der Waals surface area contributed by atoms with Crippen LogP contribution in [0.15, 0.2) is 48.5 Å². The molecule has 0 aromatic heterocycles. The van der Waals surface area contributed by atoms with Crippen LogP contribution in [0.5, 0.6) is 11.5 Å². The van der Waals surface area contributed by atoms with E-state index in [1.54, 1.807) is 0 Å². The Hall–Kier alpha value is -2.04. The highest BCUT2D eigenvalue weighted by Gasteiger charge is 2.19. The molecule has 1 saturated heterocycles. The van der Waals surface area contributed by atoms with Crippen molar-refractivity contribution in [1.82, 2.24) is 10.2 Å². The van der Waals surface area contributed by atoms with Crippen molar-refractivity contribution in [1.29, 1.82) is 0 Å². The Labute approximate surface area is 156 Å². The van der Waals surface area contributed by atoms with Gasteiger partial charge in [0.2, 0.25) is 0 Å². The minimum Gasteiger partial charge on any atom is -0.490 e. The van der Waals surface area contributed by atoms with Gasteiger partial charge >= 0.3 is 0 Å². The fourth-order valence-corrected chi connectivity index (χ4v) is 3.72. The van der Waals surface area contributed by atoms with Gasteiger partial charge in [-0.1, -0.05) is 36.4 Å². The molecule has 4 nitrogen and oxygen atoms in total. The van der Waals surface area contributed by atoms with Gasteiger partial charge in [-0.25, -0.2) is 0 Å². The third-order valence-corrected chi connectivity index (χ3v) is 5.24. The zero-order chi connectivity index (χ0) is 17.6. The summed E-state index contributed by atoms with van der Waals surface area (Å²) in [5, 5.41) is 3.72. The molecule has 0 atom stereocenters. The number of nitrogens with zero attached hydrogens (tertiary/aromatic N) is 1. The van der Waals surface area contributed by atoms with Crippen LogP contribution in [-0.2, 0) is 13.1 Å². The van der Waals surface area contributed by atoms with Crippen LogP contribution in [0.4, 0.5) is 0 Å². The number of benzene rings is 2. The van der Waals surface area contributed by atoms with Gasteiger partial charge in [-0.15, -0.1) is 0 Å². The summed E-state index contributed by atoms with van der Waals surface area (Å²) in [4.78, 5) is 2.56. The lowest BCUT2D eigenvalue weighted by molar-refractivity contribution is 0.190. The van der Waals surface area contributed by atoms with Gasteiger partial charge < -0.3 is 14.8 Å². The Kier molecular flexibility index (Phi) is 5.72. The van der Waals surface area contributed by atoms with E-state index in [4.69, 9.17) is 9.47 Å². The van der Waals surface area contributed by atoms with Crippen molar-refractivity contribution in [3.63, 3.8) is 0 Å². The monoisotopic (exact) mass is 352 g/mol. The Morgan fingerprint density at radius 3 is 2.46 bits per heavy atom. The molecule has 2 aliphatic heterocycles. The van der Waals surface area contributed by atoms with E-state index in [9.17, 15) is 0 Å². The lowest BCUT2D eigenvalue weighted by Gasteiger charge is -2.32. The van der Waals surface area contributed by atoms with Crippen LogP contribution in [0.3, 0.4) is 0 Å². The second-order valence-corrected chi connectivity index (χ2v) is 7.25. The largest absolute Gasteiger partial charge is 0.490 e. The van der Waals surface area contributed by atoms with Crippen molar-refractivity contribution >= 4 is 0 Å². The average molecular weight is 352 g/mol. The fraction of sp³-hybridized carbons (Fsp3) is 0.455. The number of nitrogens with one attached hydrogen (secondary N) is 1. The van der Waals surface area contributed by atoms with Gasteiger partial charge in [-0.2, -0.15) is 0 Å². The zero-order valence-electron chi connectivity index (χ0n) is 15.3. The van der Waals surface area contributed by atoms with Gasteiger partial charge in [-0.3, -0.25) is 4.90 Å². The molecular weight excluding hydrogens is 324 g/mol. The van der Waals surface area contributed by atoms with Crippen LogP contribution in [-0.4, -0.2) is 37.2 Å². The van der Waals surface area contributed by atoms with Gasteiger partial charge in [0.15, 0.2) is 11.5 Å². The van der Waals surface area contributed by atoms with Crippen molar-refractivity contribution in [3.05, 3.63) is 59.7 Å². The number of ether oxygens (including phenoxy) is 2. The average Bonchev–Trinajstić information content (AvgIpc) is 2.93. The van der Waals surface area contributed by atoms with Gasteiger partial charge in [-0.05, 0) is 49.2 Å². The van der Waals surface area contributed by atoms with E-state index in [0.29, 0.717) is 6.04 Å². The molecule has 2 aromatic carbocycles. The molecule has 2 aromatic rings. The summed E-state index contributed by atoms with van der Waals surface area (Å²) in [6.07, 6.45) is 3.36. The van der Waals surface area contributed by atoms with Gasteiger partial charge in [0.25, 0.3) is 0 Å². The molecule has 1 fully saturated rings. The first-order valence-corrected chi connectivity index (χ1v) is 9.75. The molecule has 4 heteroatoms. The highest BCUT2D eigenvalue weighted by molar-refractivity contribution is 5.43. The third kappa shape index (κ3) is 4.57. The molecule has 2 aliphatic rings. The normalized spacial score (nSPS) is 18.5. The van der Waals surface area contributed by atoms with Gasteiger partial charge in [0.05, 0.1) is 13.2 Å². The lowest BCUT2D eigenvalue weighted by Crippen LogP contribution is -2.41. The van der Waals surface area contributed by atoms with E-state index in [0.717, 1.165) is 57.3 Å².